The molecule has 1 aromatic heterocycles. The van der Waals surface area contributed by atoms with Crippen molar-refractivity contribution in [3.05, 3.63) is 24.2 Å². The fourth-order valence-electron chi connectivity index (χ4n) is 2.21. The van der Waals surface area contributed by atoms with Crippen molar-refractivity contribution < 1.29 is 17.9 Å². The SMILES string of the molecule is O=S1(=O)CCC(CC(O)Cc2ccoc2)C1. The zero-order chi connectivity index (χ0) is 11.6. The third-order valence-corrected chi connectivity index (χ3v) is 4.82. The minimum absolute atomic E-state index is 0.118. The van der Waals surface area contributed by atoms with Crippen LogP contribution in [0.5, 0.6) is 0 Å². The zero-order valence-electron chi connectivity index (χ0n) is 9.00. The highest BCUT2D eigenvalue weighted by Crippen LogP contribution is 2.24. The number of furan rings is 1. The monoisotopic (exact) mass is 244 g/mol. The average Bonchev–Trinajstić information content (AvgIpc) is 2.76. The molecule has 0 aliphatic carbocycles. The van der Waals surface area contributed by atoms with Crippen molar-refractivity contribution in [3.63, 3.8) is 0 Å². The van der Waals surface area contributed by atoms with Gasteiger partial charge in [-0.3, -0.25) is 0 Å². The highest BCUT2D eigenvalue weighted by atomic mass is 32.2. The Labute approximate surface area is 95.2 Å². The van der Waals surface area contributed by atoms with Crippen LogP contribution >= 0.6 is 0 Å². The molecule has 2 unspecified atom stereocenters. The van der Waals surface area contributed by atoms with Crippen molar-refractivity contribution in [1.82, 2.24) is 0 Å². The van der Waals surface area contributed by atoms with E-state index in [4.69, 9.17) is 4.42 Å². The van der Waals surface area contributed by atoms with E-state index < -0.39 is 15.9 Å². The molecular weight excluding hydrogens is 228 g/mol. The standard InChI is InChI=1S/C11H16O4S/c12-11(5-9-1-3-15-7-9)6-10-2-4-16(13,14)8-10/h1,3,7,10-12H,2,4-6,8H2. The van der Waals surface area contributed by atoms with Crippen LogP contribution in [0.4, 0.5) is 0 Å². The molecule has 1 N–H and O–H groups in total. The maximum Gasteiger partial charge on any atom is 0.150 e. The van der Waals surface area contributed by atoms with Gasteiger partial charge in [0, 0.05) is 6.42 Å². The molecule has 16 heavy (non-hydrogen) atoms. The molecule has 1 fully saturated rings. The van der Waals surface area contributed by atoms with Gasteiger partial charge in [-0.25, -0.2) is 8.42 Å². The van der Waals surface area contributed by atoms with Crippen molar-refractivity contribution in [2.24, 2.45) is 5.92 Å². The lowest BCUT2D eigenvalue weighted by Gasteiger charge is -2.13. The maximum atomic E-state index is 11.2. The summed E-state index contributed by atoms with van der Waals surface area (Å²) in [4.78, 5) is 0. The molecule has 1 aliphatic heterocycles. The van der Waals surface area contributed by atoms with E-state index in [1.165, 1.54) is 0 Å². The van der Waals surface area contributed by atoms with E-state index >= 15 is 0 Å². The summed E-state index contributed by atoms with van der Waals surface area (Å²) in [7, 11) is -2.83. The van der Waals surface area contributed by atoms with E-state index in [-0.39, 0.29) is 17.4 Å². The molecule has 0 bridgehead atoms. The molecule has 1 saturated heterocycles. The number of aliphatic hydroxyl groups is 1. The summed E-state index contributed by atoms with van der Waals surface area (Å²) in [5.74, 6) is 0.623. The summed E-state index contributed by atoms with van der Waals surface area (Å²) in [5, 5.41) is 9.82. The number of hydrogen-bond donors (Lipinski definition) is 1. The van der Waals surface area contributed by atoms with Gasteiger partial charge in [-0.1, -0.05) is 0 Å². The third-order valence-electron chi connectivity index (χ3n) is 2.98. The number of hydrogen-bond acceptors (Lipinski definition) is 4. The van der Waals surface area contributed by atoms with E-state index in [0.717, 1.165) is 5.56 Å². The summed E-state index contributed by atoms with van der Waals surface area (Å²) < 4.78 is 27.4. The molecule has 2 rings (SSSR count). The lowest BCUT2D eigenvalue weighted by Crippen LogP contribution is -2.17. The second-order valence-electron chi connectivity index (χ2n) is 4.49. The minimum Gasteiger partial charge on any atom is -0.472 e. The Hall–Kier alpha value is -0.810. The van der Waals surface area contributed by atoms with E-state index in [9.17, 15) is 13.5 Å². The molecule has 90 valence electrons. The van der Waals surface area contributed by atoms with Crippen LogP contribution in [0.1, 0.15) is 18.4 Å². The molecule has 5 heteroatoms. The first-order valence-electron chi connectivity index (χ1n) is 5.45. The lowest BCUT2D eigenvalue weighted by molar-refractivity contribution is 0.146. The number of aliphatic hydroxyl groups excluding tert-OH is 1. The molecular formula is C11H16O4S. The number of rotatable bonds is 4. The fourth-order valence-corrected chi connectivity index (χ4v) is 4.09. The molecule has 0 saturated carbocycles. The van der Waals surface area contributed by atoms with Gasteiger partial charge < -0.3 is 9.52 Å². The second-order valence-corrected chi connectivity index (χ2v) is 6.72. The van der Waals surface area contributed by atoms with E-state index in [1.54, 1.807) is 12.5 Å². The third kappa shape index (κ3) is 3.09. The predicted molar refractivity (Wildman–Crippen MR) is 59.8 cm³/mol. The smallest absolute Gasteiger partial charge is 0.150 e. The Balaban J connectivity index is 1.82. The zero-order valence-corrected chi connectivity index (χ0v) is 9.82. The summed E-state index contributed by atoms with van der Waals surface area (Å²) in [6.45, 7) is 0. The van der Waals surface area contributed by atoms with E-state index in [0.29, 0.717) is 19.3 Å². The highest BCUT2D eigenvalue weighted by Gasteiger charge is 2.29. The average molecular weight is 244 g/mol. The molecule has 2 heterocycles. The van der Waals surface area contributed by atoms with Crippen LogP contribution in [0.3, 0.4) is 0 Å². The molecule has 1 aromatic rings. The maximum absolute atomic E-state index is 11.2. The van der Waals surface area contributed by atoms with Crippen molar-refractivity contribution in [2.75, 3.05) is 11.5 Å². The summed E-state index contributed by atoms with van der Waals surface area (Å²) in [6, 6.07) is 1.81. The molecule has 0 aromatic carbocycles. The molecule has 2 atom stereocenters. The summed E-state index contributed by atoms with van der Waals surface area (Å²) in [5.41, 5.74) is 0.952. The van der Waals surface area contributed by atoms with Crippen molar-refractivity contribution in [1.29, 1.82) is 0 Å². The van der Waals surface area contributed by atoms with Crippen molar-refractivity contribution in [2.45, 2.75) is 25.4 Å². The first-order chi connectivity index (χ1) is 7.55. The van der Waals surface area contributed by atoms with Crippen LogP contribution in [0.2, 0.25) is 0 Å². The van der Waals surface area contributed by atoms with Crippen LogP contribution in [0, 0.1) is 5.92 Å². The van der Waals surface area contributed by atoms with Gasteiger partial charge in [-0.05, 0) is 30.4 Å². The van der Waals surface area contributed by atoms with Crippen molar-refractivity contribution >= 4 is 9.84 Å². The second kappa shape index (κ2) is 4.59. The van der Waals surface area contributed by atoms with Gasteiger partial charge in [0.2, 0.25) is 0 Å². The van der Waals surface area contributed by atoms with Gasteiger partial charge in [0.1, 0.15) is 0 Å². The molecule has 0 radical (unpaired) electrons. The Morgan fingerprint density at radius 3 is 2.94 bits per heavy atom. The lowest BCUT2D eigenvalue weighted by atomic mass is 9.98. The molecule has 0 spiro atoms. The van der Waals surface area contributed by atoms with Crippen LogP contribution in [-0.4, -0.2) is 31.1 Å². The van der Waals surface area contributed by atoms with Gasteiger partial charge in [-0.15, -0.1) is 0 Å². The molecule has 0 amide bonds. The normalized spacial score (nSPS) is 25.7. The first-order valence-corrected chi connectivity index (χ1v) is 7.27. The largest absolute Gasteiger partial charge is 0.472 e. The van der Waals surface area contributed by atoms with Gasteiger partial charge in [-0.2, -0.15) is 0 Å². The highest BCUT2D eigenvalue weighted by molar-refractivity contribution is 7.91. The Morgan fingerprint density at radius 1 is 1.56 bits per heavy atom. The van der Waals surface area contributed by atoms with Gasteiger partial charge >= 0.3 is 0 Å². The van der Waals surface area contributed by atoms with Crippen LogP contribution in [-0.2, 0) is 16.3 Å². The first kappa shape index (κ1) is 11.7. The quantitative estimate of drug-likeness (QED) is 0.858. The topological polar surface area (TPSA) is 67.5 Å². The van der Waals surface area contributed by atoms with Crippen LogP contribution < -0.4 is 0 Å². The van der Waals surface area contributed by atoms with Gasteiger partial charge in [0.15, 0.2) is 9.84 Å². The molecule has 4 nitrogen and oxygen atoms in total. The Morgan fingerprint density at radius 2 is 2.38 bits per heavy atom. The van der Waals surface area contributed by atoms with E-state index in [1.807, 2.05) is 6.07 Å². The predicted octanol–water partition coefficient (Wildman–Crippen LogP) is 1.01. The van der Waals surface area contributed by atoms with Crippen LogP contribution in [0.25, 0.3) is 0 Å². The molecule has 1 aliphatic rings. The summed E-state index contributed by atoms with van der Waals surface area (Å²) in [6.07, 6.45) is 4.48. The van der Waals surface area contributed by atoms with Gasteiger partial charge in [0.25, 0.3) is 0 Å². The van der Waals surface area contributed by atoms with Gasteiger partial charge in [0.05, 0.1) is 30.1 Å². The Bertz CT molecular complexity index is 421. The number of sulfone groups is 1. The minimum atomic E-state index is -2.83. The fraction of sp³-hybridized carbons (Fsp3) is 0.636. The van der Waals surface area contributed by atoms with Crippen LogP contribution in [0.15, 0.2) is 23.0 Å². The Kier molecular flexibility index (Phi) is 3.35. The summed E-state index contributed by atoms with van der Waals surface area (Å²) >= 11 is 0. The van der Waals surface area contributed by atoms with E-state index in [2.05, 4.69) is 0 Å². The van der Waals surface area contributed by atoms with Crippen molar-refractivity contribution in [3.8, 4) is 0 Å².